The average molecular weight is 506 g/mol. The van der Waals surface area contributed by atoms with Crippen LogP contribution in [-0.2, 0) is 26.2 Å². The molecule has 2 aromatic carbocycles. The van der Waals surface area contributed by atoms with Crippen LogP contribution >= 0.6 is 0 Å². The van der Waals surface area contributed by atoms with E-state index in [1.165, 1.54) is 17.0 Å². The van der Waals surface area contributed by atoms with Crippen molar-refractivity contribution in [1.29, 1.82) is 0 Å². The van der Waals surface area contributed by atoms with Gasteiger partial charge in [0.15, 0.2) is 0 Å². The van der Waals surface area contributed by atoms with Gasteiger partial charge in [-0.15, -0.1) is 0 Å². The van der Waals surface area contributed by atoms with Crippen LogP contribution in [0.25, 0.3) is 0 Å². The van der Waals surface area contributed by atoms with Gasteiger partial charge in [0.1, 0.15) is 18.4 Å². The van der Waals surface area contributed by atoms with Crippen LogP contribution in [0.2, 0.25) is 0 Å². The van der Waals surface area contributed by atoms with Gasteiger partial charge in [0.2, 0.25) is 21.8 Å². The quantitative estimate of drug-likeness (QED) is 0.443. The molecule has 1 N–H and O–H groups in total. The number of amides is 2. The van der Waals surface area contributed by atoms with Gasteiger partial charge in [0, 0.05) is 13.1 Å². The highest BCUT2D eigenvalue weighted by molar-refractivity contribution is 7.92. The Hall–Kier alpha value is -2.94. The monoisotopic (exact) mass is 505 g/mol. The van der Waals surface area contributed by atoms with Crippen LogP contribution in [0, 0.1) is 19.7 Å². The molecule has 0 aliphatic heterocycles. The SMILES string of the molecule is CCCCNC(=O)C(CC)N(Cc1ccc(F)cc1)C(=O)CN(c1c(C)cccc1C)S(C)(=O)=O. The zero-order chi connectivity index (χ0) is 26.2. The summed E-state index contributed by atoms with van der Waals surface area (Å²) in [5.41, 5.74) is 2.53. The van der Waals surface area contributed by atoms with E-state index in [2.05, 4.69) is 5.32 Å². The Morgan fingerprint density at radius 2 is 1.63 bits per heavy atom. The van der Waals surface area contributed by atoms with Gasteiger partial charge in [-0.25, -0.2) is 12.8 Å². The van der Waals surface area contributed by atoms with Crippen LogP contribution in [0.5, 0.6) is 0 Å². The second kappa shape index (κ2) is 12.7. The Morgan fingerprint density at radius 3 is 2.14 bits per heavy atom. The first-order valence-corrected chi connectivity index (χ1v) is 13.7. The lowest BCUT2D eigenvalue weighted by Crippen LogP contribution is -2.52. The summed E-state index contributed by atoms with van der Waals surface area (Å²) in [6, 6.07) is 10.3. The second-order valence-electron chi connectivity index (χ2n) is 8.73. The van der Waals surface area contributed by atoms with Crippen molar-refractivity contribution in [2.45, 2.75) is 59.5 Å². The van der Waals surface area contributed by atoms with Gasteiger partial charge in [-0.2, -0.15) is 0 Å². The van der Waals surface area contributed by atoms with Crippen LogP contribution in [0.15, 0.2) is 42.5 Å². The van der Waals surface area contributed by atoms with Crippen molar-refractivity contribution in [2.24, 2.45) is 0 Å². The number of benzene rings is 2. The van der Waals surface area contributed by atoms with E-state index in [1.807, 2.05) is 13.0 Å². The van der Waals surface area contributed by atoms with Crippen LogP contribution in [0.4, 0.5) is 10.1 Å². The minimum absolute atomic E-state index is 0.0448. The Bertz CT molecular complexity index is 1100. The third-order valence-corrected chi connectivity index (χ3v) is 6.96. The molecule has 0 spiro atoms. The van der Waals surface area contributed by atoms with E-state index in [1.54, 1.807) is 45.0 Å². The molecular weight excluding hydrogens is 469 g/mol. The molecule has 0 saturated carbocycles. The number of hydrogen-bond acceptors (Lipinski definition) is 4. The summed E-state index contributed by atoms with van der Waals surface area (Å²) in [6.45, 7) is 7.47. The van der Waals surface area contributed by atoms with Crippen molar-refractivity contribution < 1.29 is 22.4 Å². The number of aryl methyl sites for hydroxylation is 2. The zero-order valence-electron chi connectivity index (χ0n) is 21.2. The largest absolute Gasteiger partial charge is 0.354 e. The van der Waals surface area contributed by atoms with Gasteiger partial charge in [0.25, 0.3) is 0 Å². The molecule has 9 heteroatoms. The predicted molar refractivity (Wildman–Crippen MR) is 137 cm³/mol. The molecule has 2 rings (SSSR count). The number of unbranched alkanes of at least 4 members (excludes halogenated alkanes) is 1. The Kier molecular flexibility index (Phi) is 10.2. The number of halogens is 1. The topological polar surface area (TPSA) is 86.8 Å². The fourth-order valence-corrected chi connectivity index (χ4v) is 4.95. The zero-order valence-corrected chi connectivity index (χ0v) is 22.0. The highest BCUT2D eigenvalue weighted by Crippen LogP contribution is 2.27. The fraction of sp³-hybridized carbons (Fsp3) is 0.462. The van der Waals surface area contributed by atoms with E-state index < -0.39 is 34.3 Å². The normalized spacial score (nSPS) is 12.2. The molecule has 2 aromatic rings. The maximum atomic E-state index is 13.7. The molecule has 192 valence electrons. The summed E-state index contributed by atoms with van der Waals surface area (Å²) in [4.78, 5) is 28.1. The van der Waals surface area contributed by atoms with Crippen molar-refractivity contribution >= 4 is 27.5 Å². The number of sulfonamides is 1. The fourth-order valence-electron chi connectivity index (χ4n) is 3.99. The molecule has 0 fully saturated rings. The van der Waals surface area contributed by atoms with E-state index in [0.29, 0.717) is 24.2 Å². The van der Waals surface area contributed by atoms with E-state index in [9.17, 15) is 22.4 Å². The number of carbonyl (C=O) groups is 2. The number of para-hydroxylation sites is 1. The summed E-state index contributed by atoms with van der Waals surface area (Å²) in [5, 5.41) is 2.87. The number of rotatable bonds is 12. The minimum atomic E-state index is -3.80. The molecule has 1 unspecified atom stereocenters. The molecule has 0 aliphatic carbocycles. The summed E-state index contributed by atoms with van der Waals surface area (Å²) < 4.78 is 40.1. The molecule has 0 bridgehead atoms. The van der Waals surface area contributed by atoms with Crippen LogP contribution in [0.1, 0.15) is 49.8 Å². The molecule has 0 aromatic heterocycles. The van der Waals surface area contributed by atoms with E-state index in [-0.39, 0.29) is 12.5 Å². The van der Waals surface area contributed by atoms with Gasteiger partial charge >= 0.3 is 0 Å². The Balaban J connectivity index is 2.45. The second-order valence-corrected chi connectivity index (χ2v) is 10.6. The number of anilines is 1. The lowest BCUT2D eigenvalue weighted by molar-refractivity contribution is -0.140. The molecule has 0 aliphatic rings. The number of nitrogens with zero attached hydrogens (tertiary/aromatic N) is 2. The molecule has 35 heavy (non-hydrogen) atoms. The smallest absolute Gasteiger partial charge is 0.244 e. The molecule has 7 nitrogen and oxygen atoms in total. The Morgan fingerprint density at radius 1 is 1.03 bits per heavy atom. The predicted octanol–water partition coefficient (Wildman–Crippen LogP) is 3.93. The van der Waals surface area contributed by atoms with Gasteiger partial charge in [0.05, 0.1) is 11.9 Å². The molecular formula is C26H36FN3O4S. The standard InChI is InChI=1S/C26H36FN3O4S/c1-6-8-16-28-26(32)23(7-2)29(17-21-12-14-22(27)15-13-21)24(31)18-30(35(5,33)34)25-19(3)10-9-11-20(25)4/h9-15,23H,6-8,16-18H2,1-5H3,(H,28,32). The van der Waals surface area contributed by atoms with E-state index >= 15 is 0 Å². The van der Waals surface area contributed by atoms with E-state index in [0.717, 1.165) is 34.5 Å². The molecule has 0 heterocycles. The first-order chi connectivity index (χ1) is 16.5. The number of nitrogens with one attached hydrogen (secondary N) is 1. The third kappa shape index (κ3) is 7.78. The lowest BCUT2D eigenvalue weighted by Gasteiger charge is -2.33. The van der Waals surface area contributed by atoms with Crippen molar-refractivity contribution in [2.75, 3.05) is 23.7 Å². The first kappa shape index (κ1) is 28.3. The summed E-state index contributed by atoms with van der Waals surface area (Å²) >= 11 is 0. The van der Waals surface area contributed by atoms with Crippen molar-refractivity contribution in [3.63, 3.8) is 0 Å². The summed E-state index contributed by atoms with van der Waals surface area (Å²) in [6.07, 6.45) is 3.12. The number of hydrogen-bond donors (Lipinski definition) is 1. The minimum Gasteiger partial charge on any atom is -0.354 e. The van der Waals surface area contributed by atoms with Crippen molar-refractivity contribution in [1.82, 2.24) is 10.2 Å². The maximum Gasteiger partial charge on any atom is 0.244 e. The molecule has 0 radical (unpaired) electrons. The molecule has 1 atom stereocenters. The summed E-state index contributed by atoms with van der Waals surface area (Å²) in [7, 11) is -3.80. The molecule has 2 amide bonds. The van der Waals surface area contributed by atoms with Crippen LogP contribution < -0.4 is 9.62 Å². The van der Waals surface area contributed by atoms with Gasteiger partial charge in [-0.05, 0) is 55.5 Å². The highest BCUT2D eigenvalue weighted by atomic mass is 32.2. The van der Waals surface area contributed by atoms with Gasteiger partial charge < -0.3 is 10.2 Å². The average Bonchev–Trinajstić information content (AvgIpc) is 2.78. The van der Waals surface area contributed by atoms with Gasteiger partial charge in [-0.1, -0.05) is 50.6 Å². The third-order valence-electron chi connectivity index (χ3n) is 5.85. The lowest BCUT2D eigenvalue weighted by atomic mass is 10.1. The highest BCUT2D eigenvalue weighted by Gasteiger charge is 2.32. The van der Waals surface area contributed by atoms with Crippen molar-refractivity contribution in [3.8, 4) is 0 Å². The van der Waals surface area contributed by atoms with Crippen molar-refractivity contribution in [3.05, 3.63) is 65.0 Å². The molecule has 0 saturated heterocycles. The summed E-state index contributed by atoms with van der Waals surface area (Å²) in [5.74, 6) is -1.22. The van der Waals surface area contributed by atoms with Crippen LogP contribution in [-0.4, -0.2) is 50.5 Å². The maximum absolute atomic E-state index is 13.7. The van der Waals surface area contributed by atoms with Crippen LogP contribution in [0.3, 0.4) is 0 Å². The number of carbonyl (C=O) groups excluding carboxylic acids is 2. The first-order valence-electron chi connectivity index (χ1n) is 11.8. The van der Waals surface area contributed by atoms with E-state index in [4.69, 9.17) is 0 Å². The Labute approximate surface area is 208 Å². The van der Waals surface area contributed by atoms with Gasteiger partial charge in [-0.3, -0.25) is 13.9 Å².